The van der Waals surface area contributed by atoms with E-state index in [0.717, 1.165) is 26.0 Å². The van der Waals surface area contributed by atoms with Gasteiger partial charge in [-0.15, -0.1) is 0 Å². The molecule has 1 saturated heterocycles. The molecule has 0 aromatic rings. The van der Waals surface area contributed by atoms with Crippen molar-refractivity contribution in [2.75, 3.05) is 26.9 Å². The van der Waals surface area contributed by atoms with Gasteiger partial charge in [-0.25, -0.2) is 0 Å². The molecule has 3 nitrogen and oxygen atoms in total. The van der Waals surface area contributed by atoms with E-state index < -0.39 is 0 Å². The summed E-state index contributed by atoms with van der Waals surface area (Å²) in [7, 11) is 1.76. The highest BCUT2D eigenvalue weighted by atomic mass is 16.5. The minimum absolute atomic E-state index is 0.0849. The van der Waals surface area contributed by atoms with Crippen LogP contribution in [0, 0.1) is 5.92 Å². The van der Waals surface area contributed by atoms with Crippen LogP contribution < -0.4 is 5.32 Å². The van der Waals surface area contributed by atoms with Crippen LogP contribution in [0.25, 0.3) is 0 Å². The standard InChI is InChI=1S/C13H27NO2/c1-5-7-14-12-6-8-16-13(9-12,10-15-4)11(2)3/h11-12,14H,5-10H2,1-4H3. The molecule has 0 aliphatic carbocycles. The molecule has 1 aliphatic heterocycles. The molecule has 1 aliphatic rings. The van der Waals surface area contributed by atoms with E-state index >= 15 is 0 Å². The number of hydrogen-bond acceptors (Lipinski definition) is 3. The molecule has 0 aromatic carbocycles. The lowest BCUT2D eigenvalue weighted by atomic mass is 9.82. The topological polar surface area (TPSA) is 30.5 Å². The van der Waals surface area contributed by atoms with Crippen LogP contribution in [-0.2, 0) is 9.47 Å². The Kier molecular flexibility index (Phi) is 5.73. The lowest BCUT2D eigenvalue weighted by Gasteiger charge is -2.43. The van der Waals surface area contributed by atoms with E-state index in [1.165, 1.54) is 6.42 Å². The first-order chi connectivity index (χ1) is 7.64. The van der Waals surface area contributed by atoms with E-state index in [4.69, 9.17) is 9.47 Å². The van der Waals surface area contributed by atoms with Crippen molar-refractivity contribution in [1.82, 2.24) is 5.32 Å². The maximum Gasteiger partial charge on any atom is 0.0952 e. The van der Waals surface area contributed by atoms with Crippen molar-refractivity contribution in [2.45, 2.75) is 51.7 Å². The van der Waals surface area contributed by atoms with E-state index in [1.807, 2.05) is 0 Å². The zero-order valence-corrected chi connectivity index (χ0v) is 11.2. The molecule has 96 valence electrons. The average molecular weight is 229 g/mol. The zero-order chi connectivity index (χ0) is 12.0. The highest BCUT2D eigenvalue weighted by molar-refractivity contribution is 4.92. The van der Waals surface area contributed by atoms with Gasteiger partial charge in [-0.2, -0.15) is 0 Å². The van der Waals surface area contributed by atoms with Crippen molar-refractivity contribution < 1.29 is 9.47 Å². The van der Waals surface area contributed by atoms with Gasteiger partial charge in [-0.05, 0) is 31.7 Å². The summed E-state index contributed by atoms with van der Waals surface area (Å²) in [5.74, 6) is 0.499. The van der Waals surface area contributed by atoms with E-state index in [-0.39, 0.29) is 5.60 Å². The van der Waals surface area contributed by atoms with Crippen molar-refractivity contribution >= 4 is 0 Å². The largest absolute Gasteiger partial charge is 0.382 e. The summed E-state index contributed by atoms with van der Waals surface area (Å²) in [5, 5.41) is 3.60. The molecule has 1 N–H and O–H groups in total. The van der Waals surface area contributed by atoms with Crippen molar-refractivity contribution in [3.05, 3.63) is 0 Å². The van der Waals surface area contributed by atoms with Gasteiger partial charge in [0.25, 0.3) is 0 Å². The van der Waals surface area contributed by atoms with Crippen LogP contribution in [0.4, 0.5) is 0 Å². The van der Waals surface area contributed by atoms with Gasteiger partial charge in [0.1, 0.15) is 0 Å². The number of nitrogens with one attached hydrogen (secondary N) is 1. The van der Waals surface area contributed by atoms with Crippen LogP contribution >= 0.6 is 0 Å². The second-order valence-electron chi connectivity index (χ2n) is 5.14. The van der Waals surface area contributed by atoms with Gasteiger partial charge in [0, 0.05) is 19.8 Å². The van der Waals surface area contributed by atoms with Crippen LogP contribution in [0.2, 0.25) is 0 Å². The van der Waals surface area contributed by atoms with Crippen LogP contribution in [0.1, 0.15) is 40.0 Å². The van der Waals surface area contributed by atoms with Crippen LogP contribution in [0.5, 0.6) is 0 Å². The van der Waals surface area contributed by atoms with Crippen LogP contribution in [-0.4, -0.2) is 38.5 Å². The summed E-state index contributed by atoms with van der Waals surface area (Å²) in [6.45, 7) is 9.31. The molecule has 1 rings (SSSR count). The number of ether oxygens (including phenoxy) is 2. The van der Waals surface area contributed by atoms with Crippen LogP contribution in [0.15, 0.2) is 0 Å². The van der Waals surface area contributed by atoms with Gasteiger partial charge < -0.3 is 14.8 Å². The quantitative estimate of drug-likeness (QED) is 0.757. The Bertz CT molecular complexity index is 192. The maximum atomic E-state index is 6.01. The smallest absolute Gasteiger partial charge is 0.0952 e. The summed E-state index contributed by atoms with van der Waals surface area (Å²) in [6, 6.07) is 0.589. The predicted octanol–water partition coefficient (Wildman–Crippen LogP) is 2.21. The molecule has 16 heavy (non-hydrogen) atoms. The molecule has 3 heteroatoms. The van der Waals surface area contributed by atoms with Crippen LogP contribution in [0.3, 0.4) is 0 Å². The molecular formula is C13H27NO2. The van der Waals surface area contributed by atoms with Crippen molar-refractivity contribution in [2.24, 2.45) is 5.92 Å². The first kappa shape index (κ1) is 13.9. The fourth-order valence-corrected chi connectivity index (χ4v) is 2.42. The highest BCUT2D eigenvalue weighted by Gasteiger charge is 2.40. The van der Waals surface area contributed by atoms with Gasteiger partial charge in [-0.1, -0.05) is 20.8 Å². The van der Waals surface area contributed by atoms with Crippen molar-refractivity contribution in [3.8, 4) is 0 Å². The minimum Gasteiger partial charge on any atom is -0.382 e. The van der Waals surface area contributed by atoms with Gasteiger partial charge in [0.2, 0.25) is 0 Å². The molecule has 0 amide bonds. The second kappa shape index (κ2) is 6.58. The highest BCUT2D eigenvalue weighted by Crippen LogP contribution is 2.32. The average Bonchev–Trinajstić information content (AvgIpc) is 2.27. The normalized spacial score (nSPS) is 30.9. The SMILES string of the molecule is CCCNC1CCOC(COC)(C(C)C)C1. The third kappa shape index (κ3) is 3.44. The summed E-state index contributed by atoms with van der Waals surface area (Å²) in [5.41, 5.74) is -0.0849. The lowest BCUT2D eigenvalue weighted by Crippen LogP contribution is -2.52. The molecule has 2 atom stereocenters. The first-order valence-corrected chi connectivity index (χ1v) is 6.51. The molecular weight excluding hydrogens is 202 g/mol. The van der Waals surface area contributed by atoms with E-state index in [2.05, 4.69) is 26.1 Å². The minimum atomic E-state index is -0.0849. The van der Waals surface area contributed by atoms with E-state index in [1.54, 1.807) is 7.11 Å². The number of methoxy groups -OCH3 is 1. The molecule has 0 spiro atoms. The summed E-state index contributed by atoms with van der Waals surface area (Å²) in [4.78, 5) is 0. The van der Waals surface area contributed by atoms with Gasteiger partial charge in [0.15, 0.2) is 0 Å². The Labute approximate surface area is 99.9 Å². The molecule has 0 aromatic heterocycles. The Morgan fingerprint density at radius 2 is 2.25 bits per heavy atom. The van der Waals surface area contributed by atoms with E-state index in [9.17, 15) is 0 Å². The van der Waals surface area contributed by atoms with Crippen molar-refractivity contribution in [1.29, 1.82) is 0 Å². The monoisotopic (exact) mass is 229 g/mol. The molecule has 2 unspecified atom stereocenters. The number of hydrogen-bond donors (Lipinski definition) is 1. The first-order valence-electron chi connectivity index (χ1n) is 6.51. The fourth-order valence-electron chi connectivity index (χ4n) is 2.42. The Morgan fingerprint density at radius 3 is 2.81 bits per heavy atom. The van der Waals surface area contributed by atoms with Gasteiger partial charge in [0.05, 0.1) is 12.2 Å². The zero-order valence-electron chi connectivity index (χ0n) is 11.2. The molecule has 1 fully saturated rings. The molecule has 0 radical (unpaired) electrons. The molecule has 0 saturated carbocycles. The van der Waals surface area contributed by atoms with Gasteiger partial charge >= 0.3 is 0 Å². The third-order valence-electron chi connectivity index (χ3n) is 3.57. The summed E-state index contributed by atoms with van der Waals surface area (Å²) >= 11 is 0. The third-order valence-corrected chi connectivity index (χ3v) is 3.57. The second-order valence-corrected chi connectivity index (χ2v) is 5.14. The van der Waals surface area contributed by atoms with Gasteiger partial charge in [-0.3, -0.25) is 0 Å². The maximum absolute atomic E-state index is 6.01. The lowest BCUT2D eigenvalue weighted by molar-refractivity contribution is -0.148. The Morgan fingerprint density at radius 1 is 1.50 bits per heavy atom. The fraction of sp³-hybridized carbons (Fsp3) is 1.00. The predicted molar refractivity (Wildman–Crippen MR) is 66.7 cm³/mol. The summed E-state index contributed by atoms with van der Waals surface area (Å²) in [6.07, 6.45) is 3.38. The Balaban J connectivity index is 2.56. The van der Waals surface area contributed by atoms with Crippen molar-refractivity contribution in [3.63, 3.8) is 0 Å². The molecule has 0 bridgehead atoms. The van der Waals surface area contributed by atoms with E-state index in [0.29, 0.717) is 18.6 Å². The molecule has 1 heterocycles. The summed E-state index contributed by atoms with van der Waals surface area (Å²) < 4.78 is 11.4. The number of rotatable bonds is 6. The Hall–Kier alpha value is -0.120.